The molecule has 1 aromatic rings. The highest BCUT2D eigenvalue weighted by molar-refractivity contribution is 5.85. The van der Waals surface area contributed by atoms with E-state index in [9.17, 15) is 9.59 Å². The first-order valence-electron chi connectivity index (χ1n) is 10.00. The fraction of sp³-hybridized carbons (Fsp3) is 0.619. The molecule has 2 aliphatic heterocycles. The predicted octanol–water partition coefficient (Wildman–Crippen LogP) is 2.98. The van der Waals surface area contributed by atoms with Gasteiger partial charge < -0.3 is 15.1 Å². The van der Waals surface area contributed by atoms with Crippen LogP contribution in [0.3, 0.4) is 0 Å². The number of carbonyl (C=O) groups excluding carboxylic acids is 2. The van der Waals surface area contributed by atoms with Gasteiger partial charge in [0.1, 0.15) is 0 Å². The molecule has 0 bridgehead atoms. The van der Waals surface area contributed by atoms with E-state index in [-0.39, 0.29) is 17.4 Å². The molecule has 2 saturated heterocycles. The van der Waals surface area contributed by atoms with Gasteiger partial charge in [0.15, 0.2) is 0 Å². The fourth-order valence-electron chi connectivity index (χ4n) is 4.67. The van der Waals surface area contributed by atoms with Crippen LogP contribution in [0.2, 0.25) is 0 Å². The van der Waals surface area contributed by atoms with E-state index in [1.54, 1.807) is 0 Å². The molecule has 3 aliphatic rings. The Labute approximate surface area is 155 Å². The van der Waals surface area contributed by atoms with E-state index in [0.717, 1.165) is 57.3 Å². The van der Waals surface area contributed by atoms with Crippen molar-refractivity contribution in [2.75, 3.05) is 26.2 Å². The van der Waals surface area contributed by atoms with Crippen LogP contribution in [0.5, 0.6) is 0 Å². The van der Waals surface area contributed by atoms with Gasteiger partial charge in [0.25, 0.3) is 0 Å². The Hall–Kier alpha value is -2.04. The second-order valence-corrected chi connectivity index (χ2v) is 8.19. The summed E-state index contributed by atoms with van der Waals surface area (Å²) in [4.78, 5) is 29.4. The van der Waals surface area contributed by atoms with Crippen LogP contribution in [0.25, 0.3) is 0 Å². The van der Waals surface area contributed by atoms with E-state index in [4.69, 9.17) is 0 Å². The van der Waals surface area contributed by atoms with Gasteiger partial charge in [-0.05, 0) is 50.0 Å². The van der Waals surface area contributed by atoms with E-state index in [0.29, 0.717) is 18.5 Å². The average Bonchev–Trinajstić information content (AvgIpc) is 3.50. The van der Waals surface area contributed by atoms with Crippen LogP contribution in [0.4, 0.5) is 4.79 Å². The van der Waals surface area contributed by atoms with Crippen molar-refractivity contribution in [2.45, 2.75) is 51.0 Å². The quantitative estimate of drug-likeness (QED) is 0.906. The number of hydrogen-bond donors (Lipinski definition) is 1. The van der Waals surface area contributed by atoms with Gasteiger partial charge in [-0.3, -0.25) is 4.79 Å². The lowest BCUT2D eigenvalue weighted by atomic mass is 9.67. The van der Waals surface area contributed by atoms with Gasteiger partial charge in [-0.2, -0.15) is 0 Å². The fourth-order valence-corrected chi connectivity index (χ4v) is 4.67. The molecule has 1 saturated carbocycles. The van der Waals surface area contributed by atoms with Crippen molar-refractivity contribution in [1.82, 2.24) is 15.1 Å². The van der Waals surface area contributed by atoms with E-state index >= 15 is 0 Å². The smallest absolute Gasteiger partial charge is 0.317 e. The molecule has 0 aromatic heterocycles. The standard InChI is InChI=1S/C21H29N3O2/c1-2-22-20(26)23-12-10-21(11-13-23)14-18(16-6-4-3-5-7-16)19(25)24(15-21)17-8-9-17/h3-7,17-18H,2,8-15H2,1H3,(H,22,26)/t18-/m0/s1. The van der Waals surface area contributed by atoms with Crippen molar-refractivity contribution in [3.63, 3.8) is 0 Å². The summed E-state index contributed by atoms with van der Waals surface area (Å²) in [5, 5.41) is 2.91. The molecule has 3 amide bonds. The van der Waals surface area contributed by atoms with E-state index in [1.165, 1.54) is 0 Å². The zero-order valence-corrected chi connectivity index (χ0v) is 15.6. The molecule has 3 fully saturated rings. The van der Waals surface area contributed by atoms with Crippen molar-refractivity contribution < 1.29 is 9.59 Å². The Balaban J connectivity index is 1.53. The maximum Gasteiger partial charge on any atom is 0.317 e. The van der Waals surface area contributed by atoms with Gasteiger partial charge in [0.05, 0.1) is 5.92 Å². The van der Waals surface area contributed by atoms with Crippen molar-refractivity contribution in [3.8, 4) is 0 Å². The monoisotopic (exact) mass is 355 g/mol. The SMILES string of the molecule is CCNC(=O)N1CCC2(CC1)C[C@@H](c1ccccc1)C(=O)N(C1CC1)C2. The summed E-state index contributed by atoms with van der Waals surface area (Å²) in [6, 6.07) is 10.8. The Morgan fingerprint density at radius 3 is 2.50 bits per heavy atom. The number of carbonyl (C=O) groups is 2. The van der Waals surface area contributed by atoms with Gasteiger partial charge in [-0.1, -0.05) is 30.3 Å². The molecular weight excluding hydrogens is 326 g/mol. The molecule has 4 rings (SSSR count). The van der Waals surface area contributed by atoms with Gasteiger partial charge in [0, 0.05) is 32.2 Å². The lowest BCUT2D eigenvalue weighted by Crippen LogP contribution is -2.56. The Morgan fingerprint density at radius 1 is 1.19 bits per heavy atom. The van der Waals surface area contributed by atoms with Crippen LogP contribution in [-0.4, -0.2) is 54.0 Å². The summed E-state index contributed by atoms with van der Waals surface area (Å²) in [5.74, 6) is 0.289. The zero-order valence-electron chi connectivity index (χ0n) is 15.6. The normalized spacial score (nSPS) is 25.4. The topological polar surface area (TPSA) is 52.7 Å². The van der Waals surface area contributed by atoms with Crippen LogP contribution >= 0.6 is 0 Å². The lowest BCUT2D eigenvalue weighted by Gasteiger charge is -2.50. The van der Waals surface area contributed by atoms with Crippen LogP contribution in [0.15, 0.2) is 30.3 Å². The summed E-state index contributed by atoms with van der Waals surface area (Å²) in [5.41, 5.74) is 1.30. The minimum atomic E-state index is -0.0263. The number of amides is 3. The van der Waals surface area contributed by atoms with Gasteiger partial charge >= 0.3 is 6.03 Å². The summed E-state index contributed by atoms with van der Waals surface area (Å²) < 4.78 is 0. The number of urea groups is 1. The Kier molecular flexibility index (Phi) is 4.63. The minimum absolute atomic E-state index is 0.0263. The van der Waals surface area contributed by atoms with E-state index in [2.05, 4.69) is 22.3 Å². The minimum Gasteiger partial charge on any atom is -0.339 e. The van der Waals surface area contributed by atoms with Crippen LogP contribution < -0.4 is 5.32 Å². The maximum atomic E-state index is 13.1. The second-order valence-electron chi connectivity index (χ2n) is 8.19. The molecule has 5 heteroatoms. The number of nitrogens with zero attached hydrogens (tertiary/aromatic N) is 2. The summed E-state index contributed by atoms with van der Waals surface area (Å²) >= 11 is 0. The highest BCUT2D eigenvalue weighted by Gasteiger charge is 2.49. The molecular formula is C21H29N3O2. The maximum absolute atomic E-state index is 13.1. The lowest BCUT2D eigenvalue weighted by molar-refractivity contribution is -0.142. The van der Waals surface area contributed by atoms with Gasteiger partial charge in [0.2, 0.25) is 5.91 Å². The molecule has 2 heterocycles. The number of piperidine rings is 2. The molecule has 1 spiro atoms. The van der Waals surface area contributed by atoms with Crippen molar-refractivity contribution in [3.05, 3.63) is 35.9 Å². The molecule has 26 heavy (non-hydrogen) atoms. The highest BCUT2D eigenvalue weighted by atomic mass is 16.2. The average molecular weight is 355 g/mol. The molecule has 0 unspecified atom stereocenters. The van der Waals surface area contributed by atoms with Crippen molar-refractivity contribution in [2.24, 2.45) is 5.41 Å². The number of benzene rings is 1. The first kappa shape index (κ1) is 17.4. The number of rotatable bonds is 3. The summed E-state index contributed by atoms with van der Waals surface area (Å²) in [6.07, 6.45) is 5.19. The predicted molar refractivity (Wildman–Crippen MR) is 101 cm³/mol. The third-order valence-corrected chi connectivity index (χ3v) is 6.35. The van der Waals surface area contributed by atoms with Crippen molar-refractivity contribution >= 4 is 11.9 Å². The first-order chi connectivity index (χ1) is 12.6. The third-order valence-electron chi connectivity index (χ3n) is 6.35. The molecule has 5 nitrogen and oxygen atoms in total. The molecule has 1 atom stereocenters. The van der Waals surface area contributed by atoms with Crippen molar-refractivity contribution in [1.29, 1.82) is 0 Å². The molecule has 1 N–H and O–H groups in total. The second kappa shape index (κ2) is 6.93. The highest BCUT2D eigenvalue weighted by Crippen LogP contribution is 2.48. The van der Waals surface area contributed by atoms with Crippen LogP contribution in [0, 0.1) is 5.41 Å². The zero-order chi connectivity index (χ0) is 18.1. The number of nitrogens with one attached hydrogen (secondary N) is 1. The van der Waals surface area contributed by atoms with Gasteiger partial charge in [-0.15, -0.1) is 0 Å². The largest absolute Gasteiger partial charge is 0.339 e. The molecule has 1 aliphatic carbocycles. The Bertz CT molecular complexity index is 663. The van der Waals surface area contributed by atoms with Gasteiger partial charge in [-0.25, -0.2) is 4.79 Å². The third kappa shape index (κ3) is 3.31. The first-order valence-corrected chi connectivity index (χ1v) is 10.00. The number of likely N-dealkylation sites (tertiary alicyclic amines) is 2. The van der Waals surface area contributed by atoms with Crippen LogP contribution in [-0.2, 0) is 4.79 Å². The summed E-state index contributed by atoms with van der Waals surface area (Å²) in [7, 11) is 0. The van der Waals surface area contributed by atoms with E-state index < -0.39 is 0 Å². The molecule has 1 aromatic carbocycles. The summed E-state index contributed by atoms with van der Waals surface area (Å²) in [6.45, 7) is 5.08. The number of hydrogen-bond acceptors (Lipinski definition) is 2. The molecule has 140 valence electrons. The molecule has 0 radical (unpaired) electrons. The Morgan fingerprint density at radius 2 is 1.88 bits per heavy atom. The van der Waals surface area contributed by atoms with Crippen LogP contribution in [0.1, 0.15) is 50.5 Å². The van der Waals surface area contributed by atoms with E-state index in [1.807, 2.05) is 30.0 Å².